The number of aromatic nitrogens is 1. The summed E-state index contributed by atoms with van der Waals surface area (Å²) in [6.07, 6.45) is -0.623. The van der Waals surface area contributed by atoms with Crippen LogP contribution >= 0.6 is 11.6 Å². The van der Waals surface area contributed by atoms with Crippen LogP contribution in [-0.4, -0.2) is 29.5 Å². The summed E-state index contributed by atoms with van der Waals surface area (Å²) in [5, 5.41) is 17.5. The first-order valence-electron chi connectivity index (χ1n) is 6.75. The molecule has 114 valence electrons. The highest BCUT2D eigenvalue weighted by Gasteiger charge is 2.10. The Balaban J connectivity index is 1.73. The molecule has 2 N–H and O–H groups in total. The Morgan fingerprint density at radius 3 is 2.81 bits per heavy atom. The van der Waals surface area contributed by atoms with Crippen molar-refractivity contribution in [3.8, 4) is 5.75 Å². The normalized spacial score (nSPS) is 12.4. The Hall–Kier alpha value is -1.56. The molecule has 0 aliphatic carbocycles. The van der Waals surface area contributed by atoms with Gasteiger partial charge in [-0.2, -0.15) is 0 Å². The van der Waals surface area contributed by atoms with Gasteiger partial charge in [0.1, 0.15) is 24.2 Å². The molecule has 0 amide bonds. The fourth-order valence-corrected chi connectivity index (χ4v) is 2.12. The Bertz CT molecular complexity index is 567. The maximum Gasteiger partial charge on any atom is 0.138 e. The van der Waals surface area contributed by atoms with Crippen LogP contribution in [0.25, 0.3) is 0 Å². The molecule has 2 rings (SSSR count). The molecule has 0 saturated heterocycles. The zero-order valence-electron chi connectivity index (χ0n) is 12.1. The highest BCUT2D eigenvalue weighted by molar-refractivity contribution is 6.32. The molecule has 0 fully saturated rings. The smallest absolute Gasteiger partial charge is 0.138 e. The van der Waals surface area contributed by atoms with E-state index in [4.69, 9.17) is 20.9 Å². The van der Waals surface area contributed by atoms with Gasteiger partial charge < -0.3 is 19.7 Å². The van der Waals surface area contributed by atoms with E-state index in [0.29, 0.717) is 23.9 Å². The Morgan fingerprint density at radius 1 is 1.38 bits per heavy atom. The van der Waals surface area contributed by atoms with Gasteiger partial charge in [0.15, 0.2) is 0 Å². The first-order chi connectivity index (χ1) is 10.1. The molecule has 5 nitrogen and oxygen atoms in total. The third kappa shape index (κ3) is 4.46. The van der Waals surface area contributed by atoms with Crippen molar-refractivity contribution in [2.75, 3.05) is 13.2 Å². The molecular formula is C15H19ClN2O3. The van der Waals surface area contributed by atoms with Crippen molar-refractivity contribution in [2.24, 2.45) is 0 Å². The summed E-state index contributed by atoms with van der Waals surface area (Å²) in [5.41, 5.74) is 1.89. The zero-order chi connectivity index (χ0) is 15.2. The first kappa shape index (κ1) is 15.8. The number of halogens is 1. The summed E-state index contributed by atoms with van der Waals surface area (Å²) in [6.45, 7) is 4.95. The van der Waals surface area contributed by atoms with Crippen LogP contribution in [0.5, 0.6) is 5.75 Å². The average molecular weight is 311 g/mol. The van der Waals surface area contributed by atoms with Crippen molar-refractivity contribution >= 4 is 11.6 Å². The maximum atomic E-state index is 9.90. The predicted molar refractivity (Wildman–Crippen MR) is 80.6 cm³/mol. The maximum absolute atomic E-state index is 9.90. The molecule has 1 heterocycles. The third-order valence-corrected chi connectivity index (χ3v) is 3.44. The van der Waals surface area contributed by atoms with E-state index in [1.165, 1.54) is 0 Å². The molecule has 1 aromatic heterocycles. The summed E-state index contributed by atoms with van der Waals surface area (Å²) < 4.78 is 10.6. The summed E-state index contributed by atoms with van der Waals surface area (Å²) in [7, 11) is 0. The number of nitrogens with zero attached hydrogens (tertiary/aromatic N) is 1. The van der Waals surface area contributed by atoms with Crippen molar-refractivity contribution in [3.05, 3.63) is 46.3 Å². The molecule has 0 radical (unpaired) electrons. The van der Waals surface area contributed by atoms with Crippen LogP contribution in [0.4, 0.5) is 0 Å². The molecule has 1 unspecified atom stereocenters. The number of aliphatic hydroxyl groups excluding tert-OH is 1. The van der Waals surface area contributed by atoms with E-state index < -0.39 is 6.10 Å². The molecule has 1 atom stereocenters. The number of aliphatic hydroxyl groups is 1. The predicted octanol–water partition coefficient (Wildman–Crippen LogP) is 2.47. The average Bonchev–Trinajstić information content (AvgIpc) is 2.78. The van der Waals surface area contributed by atoms with E-state index in [9.17, 15) is 5.11 Å². The van der Waals surface area contributed by atoms with Crippen molar-refractivity contribution < 1.29 is 14.4 Å². The lowest BCUT2D eigenvalue weighted by Gasteiger charge is -2.14. The second kappa shape index (κ2) is 7.45. The number of para-hydroxylation sites is 1. The number of ether oxygens (including phenoxy) is 1. The number of aryl methyl sites for hydroxylation is 2. The van der Waals surface area contributed by atoms with Gasteiger partial charge in [-0.25, -0.2) is 0 Å². The molecule has 6 heteroatoms. The van der Waals surface area contributed by atoms with E-state index in [-0.39, 0.29) is 6.61 Å². The van der Waals surface area contributed by atoms with E-state index in [1.54, 1.807) is 12.1 Å². The van der Waals surface area contributed by atoms with Gasteiger partial charge in [0.2, 0.25) is 0 Å². The molecule has 0 bridgehead atoms. The zero-order valence-corrected chi connectivity index (χ0v) is 12.9. The highest BCUT2D eigenvalue weighted by atomic mass is 35.5. The molecule has 21 heavy (non-hydrogen) atoms. The lowest BCUT2D eigenvalue weighted by molar-refractivity contribution is 0.106. The largest absolute Gasteiger partial charge is 0.489 e. The van der Waals surface area contributed by atoms with E-state index >= 15 is 0 Å². The molecule has 2 aromatic rings. The van der Waals surface area contributed by atoms with Gasteiger partial charge >= 0.3 is 0 Å². The monoisotopic (exact) mass is 310 g/mol. The molecule has 0 saturated carbocycles. The fourth-order valence-electron chi connectivity index (χ4n) is 1.92. The highest BCUT2D eigenvalue weighted by Crippen LogP contribution is 2.23. The van der Waals surface area contributed by atoms with Crippen LogP contribution in [0.1, 0.15) is 17.0 Å². The molecule has 0 aliphatic heterocycles. The summed E-state index contributed by atoms with van der Waals surface area (Å²) in [6, 6.07) is 7.19. The Morgan fingerprint density at radius 2 is 2.14 bits per heavy atom. The molecule has 0 aliphatic rings. The minimum atomic E-state index is -0.623. The summed E-state index contributed by atoms with van der Waals surface area (Å²) in [5.74, 6) is 1.37. The van der Waals surface area contributed by atoms with Crippen LogP contribution in [-0.2, 0) is 6.54 Å². The summed E-state index contributed by atoms with van der Waals surface area (Å²) >= 11 is 5.97. The van der Waals surface area contributed by atoms with Crippen molar-refractivity contribution in [2.45, 2.75) is 26.5 Å². The minimum Gasteiger partial charge on any atom is -0.489 e. The first-order valence-corrected chi connectivity index (χ1v) is 7.13. The van der Waals surface area contributed by atoms with Crippen LogP contribution in [0.3, 0.4) is 0 Å². The fraction of sp³-hybridized carbons (Fsp3) is 0.400. The number of rotatable bonds is 7. The Kier molecular flexibility index (Phi) is 5.61. The molecular weight excluding hydrogens is 292 g/mol. The van der Waals surface area contributed by atoms with Crippen LogP contribution in [0, 0.1) is 13.8 Å². The number of hydrogen-bond donors (Lipinski definition) is 2. The second-order valence-electron chi connectivity index (χ2n) is 4.83. The van der Waals surface area contributed by atoms with E-state index in [1.807, 2.05) is 26.0 Å². The van der Waals surface area contributed by atoms with Gasteiger partial charge in [0.25, 0.3) is 0 Å². The van der Waals surface area contributed by atoms with Crippen LogP contribution < -0.4 is 10.1 Å². The van der Waals surface area contributed by atoms with E-state index in [2.05, 4.69) is 10.5 Å². The van der Waals surface area contributed by atoms with Gasteiger partial charge in [-0.3, -0.25) is 0 Å². The SMILES string of the molecule is Cc1noc(C)c1CNCC(O)COc1ccccc1Cl. The number of benzene rings is 1. The Labute approximate surface area is 128 Å². The third-order valence-electron chi connectivity index (χ3n) is 3.13. The van der Waals surface area contributed by atoms with Crippen molar-refractivity contribution in [1.82, 2.24) is 10.5 Å². The summed E-state index contributed by atoms with van der Waals surface area (Å²) in [4.78, 5) is 0. The minimum absolute atomic E-state index is 0.179. The molecule has 1 aromatic carbocycles. The van der Waals surface area contributed by atoms with Crippen molar-refractivity contribution in [1.29, 1.82) is 0 Å². The van der Waals surface area contributed by atoms with Gasteiger partial charge in [-0.05, 0) is 26.0 Å². The molecule has 0 spiro atoms. The standard InChI is InChI=1S/C15H19ClN2O3/c1-10-13(11(2)21-18-10)8-17-7-12(19)9-20-15-6-4-3-5-14(15)16/h3-6,12,17,19H,7-9H2,1-2H3. The lowest BCUT2D eigenvalue weighted by atomic mass is 10.2. The number of nitrogens with one attached hydrogen (secondary N) is 1. The van der Waals surface area contributed by atoms with Gasteiger partial charge in [-0.15, -0.1) is 0 Å². The van der Waals surface area contributed by atoms with Gasteiger partial charge in [-0.1, -0.05) is 28.9 Å². The van der Waals surface area contributed by atoms with E-state index in [0.717, 1.165) is 17.0 Å². The van der Waals surface area contributed by atoms with Gasteiger partial charge in [0.05, 0.1) is 10.7 Å². The number of hydrogen-bond acceptors (Lipinski definition) is 5. The van der Waals surface area contributed by atoms with Crippen LogP contribution in [0.2, 0.25) is 5.02 Å². The quantitative estimate of drug-likeness (QED) is 0.822. The van der Waals surface area contributed by atoms with Crippen LogP contribution in [0.15, 0.2) is 28.8 Å². The van der Waals surface area contributed by atoms with Gasteiger partial charge in [0, 0.05) is 18.7 Å². The topological polar surface area (TPSA) is 67.5 Å². The lowest BCUT2D eigenvalue weighted by Crippen LogP contribution is -2.31. The second-order valence-corrected chi connectivity index (χ2v) is 5.24. The van der Waals surface area contributed by atoms with Crippen molar-refractivity contribution in [3.63, 3.8) is 0 Å².